The van der Waals surface area contributed by atoms with Gasteiger partial charge in [-0.15, -0.1) is 0 Å². The van der Waals surface area contributed by atoms with Crippen LogP contribution >= 0.6 is 22.6 Å². The molecule has 5 rings (SSSR count). The highest BCUT2D eigenvalue weighted by Gasteiger charge is 2.20. The molecule has 35 heavy (non-hydrogen) atoms. The van der Waals surface area contributed by atoms with Crippen LogP contribution in [0.5, 0.6) is 5.75 Å². The van der Waals surface area contributed by atoms with E-state index < -0.39 is 11.6 Å². The number of carbonyl (C=O) groups is 1. The highest BCUT2D eigenvalue weighted by Crippen LogP contribution is 2.30. The van der Waals surface area contributed by atoms with Crippen molar-refractivity contribution < 1.29 is 19.1 Å². The number of aromatic nitrogens is 2. The number of methoxy groups -OCH3 is 1. The third-order valence-electron chi connectivity index (χ3n) is 5.85. The summed E-state index contributed by atoms with van der Waals surface area (Å²) >= 11 is 2.27. The molecule has 0 aliphatic heterocycles. The van der Waals surface area contributed by atoms with Crippen molar-refractivity contribution in [2.24, 2.45) is 0 Å². The maximum atomic E-state index is 12.3. The standard InChI is InChI=1S/C26H20IN3O5/c1-14-19-11-20-21(12-22(19)35-25(33)23(14)24(31)32)30(13-15-3-5-16(27)6-4-15)26(29-20)28-17-7-9-18(34-2)10-8-17/h3-12H,13H2,1-2H3,(H,28,29)(H,31,32). The van der Waals surface area contributed by atoms with Crippen molar-refractivity contribution in [2.75, 3.05) is 12.4 Å². The van der Waals surface area contributed by atoms with E-state index in [1.807, 2.05) is 41.0 Å². The Labute approximate surface area is 213 Å². The van der Waals surface area contributed by atoms with Crippen molar-refractivity contribution >= 4 is 62.2 Å². The van der Waals surface area contributed by atoms with Crippen molar-refractivity contribution in [3.8, 4) is 5.75 Å². The Kier molecular flexibility index (Phi) is 5.93. The number of halogens is 1. The van der Waals surface area contributed by atoms with Gasteiger partial charge in [0.1, 0.15) is 16.9 Å². The Morgan fingerprint density at radius 3 is 2.51 bits per heavy atom. The number of rotatable bonds is 6. The Morgan fingerprint density at radius 1 is 1.14 bits per heavy atom. The zero-order valence-electron chi connectivity index (χ0n) is 18.8. The molecule has 0 aliphatic rings. The summed E-state index contributed by atoms with van der Waals surface area (Å²) in [4.78, 5) is 28.7. The summed E-state index contributed by atoms with van der Waals surface area (Å²) < 4.78 is 13.8. The molecule has 5 aromatic rings. The van der Waals surface area contributed by atoms with E-state index in [9.17, 15) is 14.7 Å². The predicted molar refractivity (Wildman–Crippen MR) is 142 cm³/mol. The highest BCUT2D eigenvalue weighted by atomic mass is 127. The van der Waals surface area contributed by atoms with Gasteiger partial charge in [0.25, 0.3) is 0 Å². The largest absolute Gasteiger partial charge is 0.497 e. The summed E-state index contributed by atoms with van der Waals surface area (Å²) in [6.45, 7) is 2.13. The van der Waals surface area contributed by atoms with E-state index in [-0.39, 0.29) is 5.56 Å². The molecule has 3 aromatic carbocycles. The molecule has 0 atom stereocenters. The number of benzene rings is 3. The summed E-state index contributed by atoms with van der Waals surface area (Å²) in [6, 6.07) is 19.2. The quantitative estimate of drug-likeness (QED) is 0.200. The number of anilines is 2. The molecule has 2 aromatic heterocycles. The molecule has 0 bridgehead atoms. The van der Waals surface area contributed by atoms with E-state index in [0.29, 0.717) is 34.5 Å². The number of ether oxygens (including phenoxy) is 1. The first-order chi connectivity index (χ1) is 16.8. The fourth-order valence-electron chi connectivity index (χ4n) is 4.05. The van der Waals surface area contributed by atoms with Crippen molar-refractivity contribution in [3.63, 3.8) is 0 Å². The van der Waals surface area contributed by atoms with Gasteiger partial charge in [-0.2, -0.15) is 0 Å². The molecular weight excluding hydrogens is 561 g/mol. The normalized spacial score (nSPS) is 11.2. The van der Waals surface area contributed by atoms with Crippen molar-refractivity contribution in [1.82, 2.24) is 9.55 Å². The van der Waals surface area contributed by atoms with Gasteiger partial charge in [0.05, 0.1) is 24.7 Å². The number of hydrogen-bond acceptors (Lipinski definition) is 6. The number of carboxylic acids is 1. The summed E-state index contributed by atoms with van der Waals surface area (Å²) in [6.07, 6.45) is 0. The van der Waals surface area contributed by atoms with E-state index in [1.165, 1.54) is 0 Å². The molecule has 0 fully saturated rings. The minimum absolute atomic E-state index is 0.310. The van der Waals surface area contributed by atoms with Crippen LogP contribution in [0.1, 0.15) is 21.5 Å². The number of carboxylic acid groups (broad SMARTS) is 1. The zero-order valence-corrected chi connectivity index (χ0v) is 21.0. The van der Waals surface area contributed by atoms with Crippen LogP contribution in [-0.2, 0) is 6.54 Å². The molecule has 0 spiro atoms. The molecule has 2 N–H and O–H groups in total. The lowest BCUT2D eigenvalue weighted by Crippen LogP contribution is -2.15. The molecule has 0 unspecified atom stereocenters. The number of nitrogens with zero attached hydrogens (tertiary/aromatic N) is 2. The molecule has 8 nitrogen and oxygen atoms in total. The zero-order chi connectivity index (χ0) is 24.7. The van der Waals surface area contributed by atoms with Crippen LogP contribution in [0.2, 0.25) is 0 Å². The second kappa shape index (κ2) is 9.06. The van der Waals surface area contributed by atoms with Crippen molar-refractivity contribution in [2.45, 2.75) is 13.5 Å². The van der Waals surface area contributed by atoms with Gasteiger partial charge in [-0.1, -0.05) is 12.1 Å². The van der Waals surface area contributed by atoms with E-state index in [1.54, 1.807) is 26.2 Å². The van der Waals surface area contributed by atoms with Crippen LogP contribution < -0.4 is 15.7 Å². The third-order valence-corrected chi connectivity index (χ3v) is 6.57. The van der Waals surface area contributed by atoms with E-state index in [0.717, 1.165) is 26.1 Å². The number of aryl methyl sites for hydroxylation is 1. The summed E-state index contributed by atoms with van der Waals surface area (Å²) in [7, 11) is 1.61. The van der Waals surface area contributed by atoms with Crippen LogP contribution in [-0.4, -0.2) is 27.7 Å². The van der Waals surface area contributed by atoms with Gasteiger partial charge >= 0.3 is 11.6 Å². The number of hydrogen-bond donors (Lipinski definition) is 2. The smallest absolute Gasteiger partial charge is 0.351 e. The lowest BCUT2D eigenvalue weighted by Gasteiger charge is -2.12. The average molecular weight is 581 g/mol. The summed E-state index contributed by atoms with van der Waals surface area (Å²) in [5.74, 6) is 0.0239. The van der Waals surface area contributed by atoms with Crippen molar-refractivity contribution in [1.29, 1.82) is 0 Å². The second-order valence-corrected chi connectivity index (χ2v) is 9.28. The Hall–Kier alpha value is -3.86. The number of aromatic carboxylic acids is 1. The van der Waals surface area contributed by atoms with E-state index >= 15 is 0 Å². The fourth-order valence-corrected chi connectivity index (χ4v) is 4.41. The van der Waals surface area contributed by atoms with Gasteiger partial charge in [-0.05, 0) is 83.1 Å². The van der Waals surface area contributed by atoms with Crippen LogP contribution in [0.25, 0.3) is 22.0 Å². The third kappa shape index (κ3) is 4.34. The maximum Gasteiger partial charge on any atom is 0.351 e. The van der Waals surface area contributed by atoms with Gasteiger partial charge < -0.3 is 24.1 Å². The SMILES string of the molecule is COc1ccc(Nc2nc3cc4c(C)c(C(=O)O)c(=O)oc4cc3n2Cc2ccc(I)cc2)cc1. The van der Waals surface area contributed by atoms with Crippen LogP contribution in [0.15, 0.2) is 69.9 Å². The minimum atomic E-state index is -1.32. The first-order valence-corrected chi connectivity index (χ1v) is 11.8. The van der Waals surface area contributed by atoms with Crippen LogP contribution in [0, 0.1) is 10.5 Å². The topological polar surface area (TPSA) is 107 Å². The molecule has 0 saturated heterocycles. The lowest BCUT2D eigenvalue weighted by atomic mass is 10.1. The van der Waals surface area contributed by atoms with Crippen molar-refractivity contribution in [3.05, 3.63) is 91.3 Å². The average Bonchev–Trinajstić information content (AvgIpc) is 3.15. The van der Waals surface area contributed by atoms with E-state index in [4.69, 9.17) is 14.1 Å². The van der Waals surface area contributed by atoms with Crippen LogP contribution in [0.4, 0.5) is 11.6 Å². The lowest BCUT2D eigenvalue weighted by molar-refractivity contribution is 0.0691. The highest BCUT2D eigenvalue weighted by molar-refractivity contribution is 14.1. The van der Waals surface area contributed by atoms with Gasteiger partial charge in [0.15, 0.2) is 0 Å². The fraction of sp³-hybridized carbons (Fsp3) is 0.115. The number of nitrogens with one attached hydrogen (secondary N) is 1. The number of fused-ring (bicyclic) bond motifs is 2. The van der Waals surface area contributed by atoms with Gasteiger partial charge in [-0.3, -0.25) is 0 Å². The molecule has 176 valence electrons. The Morgan fingerprint density at radius 2 is 1.86 bits per heavy atom. The monoisotopic (exact) mass is 581 g/mol. The van der Waals surface area contributed by atoms with Crippen LogP contribution in [0.3, 0.4) is 0 Å². The van der Waals surface area contributed by atoms with Gasteiger partial charge in [0.2, 0.25) is 5.95 Å². The first-order valence-electron chi connectivity index (χ1n) is 10.7. The predicted octanol–water partition coefficient (Wildman–Crippen LogP) is 5.55. The second-order valence-electron chi connectivity index (χ2n) is 8.03. The molecule has 0 saturated carbocycles. The molecule has 0 amide bonds. The number of imidazole rings is 1. The molecular formula is C26H20IN3O5. The first kappa shape index (κ1) is 22.9. The molecule has 0 radical (unpaired) electrons. The molecule has 9 heteroatoms. The van der Waals surface area contributed by atoms with Gasteiger partial charge in [0, 0.05) is 20.7 Å². The molecule has 2 heterocycles. The van der Waals surface area contributed by atoms with Gasteiger partial charge in [-0.25, -0.2) is 14.6 Å². The maximum absolute atomic E-state index is 12.3. The summed E-state index contributed by atoms with van der Waals surface area (Å²) in [5.41, 5.74) is 2.71. The Bertz CT molecular complexity index is 1640. The molecule has 0 aliphatic carbocycles. The summed E-state index contributed by atoms with van der Waals surface area (Å²) in [5, 5.41) is 13.3. The van der Waals surface area contributed by atoms with E-state index in [2.05, 4.69) is 40.0 Å². The minimum Gasteiger partial charge on any atom is -0.497 e. The Balaban J connectivity index is 1.70.